The fourth-order valence-corrected chi connectivity index (χ4v) is 2.36. The molecule has 0 spiro atoms. The highest BCUT2D eigenvalue weighted by atomic mass is 19.1. The maximum atomic E-state index is 13.2. The largest absolute Gasteiger partial charge is 0.484 e. The summed E-state index contributed by atoms with van der Waals surface area (Å²) in [4.78, 5) is 26.2. The second kappa shape index (κ2) is 8.62. The molecule has 0 aliphatic carbocycles. The highest BCUT2D eigenvalue weighted by Gasteiger charge is 2.28. The molecular formula is C20H22F2N2O3. The quantitative estimate of drug-likeness (QED) is 0.838. The Morgan fingerprint density at radius 3 is 2.30 bits per heavy atom. The van der Waals surface area contributed by atoms with Crippen LogP contribution in [0.25, 0.3) is 0 Å². The maximum Gasteiger partial charge on any atom is 0.261 e. The van der Waals surface area contributed by atoms with Gasteiger partial charge in [-0.2, -0.15) is 0 Å². The Labute approximate surface area is 156 Å². The minimum Gasteiger partial charge on any atom is -0.484 e. The molecule has 0 aliphatic heterocycles. The zero-order valence-corrected chi connectivity index (χ0v) is 15.5. The summed E-state index contributed by atoms with van der Waals surface area (Å²) in [5.74, 6) is -1.48. The summed E-state index contributed by atoms with van der Waals surface area (Å²) >= 11 is 0. The van der Waals surface area contributed by atoms with Crippen LogP contribution in [-0.4, -0.2) is 35.4 Å². The second-order valence-electron chi connectivity index (χ2n) is 6.95. The van der Waals surface area contributed by atoms with E-state index in [4.69, 9.17) is 4.74 Å². The van der Waals surface area contributed by atoms with Crippen LogP contribution in [0.15, 0.2) is 48.5 Å². The number of anilines is 1. The zero-order chi connectivity index (χ0) is 20.0. The predicted octanol–water partition coefficient (Wildman–Crippen LogP) is 3.61. The highest BCUT2D eigenvalue weighted by Crippen LogP contribution is 2.16. The topological polar surface area (TPSA) is 58.6 Å². The lowest BCUT2D eigenvalue weighted by molar-refractivity contribution is -0.141. The zero-order valence-electron chi connectivity index (χ0n) is 15.5. The van der Waals surface area contributed by atoms with E-state index in [-0.39, 0.29) is 18.9 Å². The first kappa shape index (κ1) is 20.4. The van der Waals surface area contributed by atoms with E-state index in [9.17, 15) is 18.4 Å². The Bertz CT molecular complexity index is 802. The van der Waals surface area contributed by atoms with Crippen LogP contribution in [0, 0.1) is 11.6 Å². The molecule has 0 atom stereocenters. The first-order valence-corrected chi connectivity index (χ1v) is 8.39. The molecule has 0 saturated carbocycles. The molecule has 0 saturated heterocycles. The van der Waals surface area contributed by atoms with Gasteiger partial charge in [-0.3, -0.25) is 9.59 Å². The van der Waals surface area contributed by atoms with Gasteiger partial charge in [0.1, 0.15) is 23.9 Å². The lowest BCUT2D eigenvalue weighted by Crippen LogP contribution is -2.51. The molecule has 2 rings (SSSR count). The number of hydrogen-bond acceptors (Lipinski definition) is 3. The molecule has 27 heavy (non-hydrogen) atoms. The Hall–Kier alpha value is -2.96. The van der Waals surface area contributed by atoms with Gasteiger partial charge in [-0.05, 0) is 57.2 Å². The van der Waals surface area contributed by atoms with Crippen LogP contribution >= 0.6 is 0 Å². The molecule has 2 aromatic carbocycles. The third kappa shape index (κ3) is 6.36. The van der Waals surface area contributed by atoms with Crippen LogP contribution in [0.4, 0.5) is 14.5 Å². The molecule has 7 heteroatoms. The van der Waals surface area contributed by atoms with Crippen LogP contribution in [-0.2, 0) is 9.59 Å². The molecule has 0 radical (unpaired) electrons. The predicted molar refractivity (Wildman–Crippen MR) is 98.4 cm³/mol. The van der Waals surface area contributed by atoms with Crippen molar-refractivity contribution >= 4 is 17.5 Å². The van der Waals surface area contributed by atoms with Crippen molar-refractivity contribution < 1.29 is 23.1 Å². The third-order valence-corrected chi connectivity index (χ3v) is 3.70. The summed E-state index contributed by atoms with van der Waals surface area (Å²) in [7, 11) is 0. The molecule has 0 fully saturated rings. The number of rotatable bonds is 6. The van der Waals surface area contributed by atoms with Gasteiger partial charge in [-0.1, -0.05) is 6.07 Å². The first-order valence-electron chi connectivity index (χ1n) is 8.39. The molecular weight excluding hydrogens is 354 g/mol. The Morgan fingerprint density at radius 2 is 1.70 bits per heavy atom. The van der Waals surface area contributed by atoms with E-state index in [1.54, 1.807) is 26.8 Å². The van der Waals surface area contributed by atoms with Crippen molar-refractivity contribution in [3.05, 3.63) is 60.2 Å². The molecule has 0 heterocycles. The number of amides is 2. The molecule has 0 bridgehead atoms. The molecule has 0 unspecified atom stereocenters. The van der Waals surface area contributed by atoms with Crippen molar-refractivity contribution in [2.75, 3.05) is 18.5 Å². The van der Waals surface area contributed by atoms with Crippen LogP contribution in [0.1, 0.15) is 20.8 Å². The number of benzene rings is 2. The molecule has 5 nitrogen and oxygen atoms in total. The Kier molecular flexibility index (Phi) is 6.50. The maximum absolute atomic E-state index is 13.2. The van der Waals surface area contributed by atoms with Gasteiger partial charge in [-0.15, -0.1) is 0 Å². The number of nitrogens with zero attached hydrogens (tertiary/aromatic N) is 1. The van der Waals surface area contributed by atoms with E-state index in [1.165, 1.54) is 47.4 Å². The molecule has 0 aliphatic rings. The van der Waals surface area contributed by atoms with Crippen molar-refractivity contribution in [3.8, 4) is 5.75 Å². The van der Waals surface area contributed by atoms with E-state index in [0.717, 1.165) is 0 Å². The minimum atomic E-state index is -0.636. The van der Waals surface area contributed by atoms with Crippen molar-refractivity contribution in [3.63, 3.8) is 0 Å². The van der Waals surface area contributed by atoms with Crippen molar-refractivity contribution in [2.24, 2.45) is 0 Å². The second-order valence-corrected chi connectivity index (χ2v) is 6.95. The van der Waals surface area contributed by atoms with Crippen molar-refractivity contribution in [1.29, 1.82) is 0 Å². The average molecular weight is 376 g/mol. The van der Waals surface area contributed by atoms with Gasteiger partial charge in [0.25, 0.3) is 5.91 Å². The summed E-state index contributed by atoms with van der Waals surface area (Å²) in [6.45, 7) is 4.84. The van der Waals surface area contributed by atoms with Crippen molar-refractivity contribution in [2.45, 2.75) is 26.3 Å². The smallest absolute Gasteiger partial charge is 0.261 e. The Balaban J connectivity index is 2.00. The minimum absolute atomic E-state index is 0.202. The van der Waals surface area contributed by atoms with E-state index in [2.05, 4.69) is 5.32 Å². The fraction of sp³-hybridized carbons (Fsp3) is 0.300. The third-order valence-electron chi connectivity index (χ3n) is 3.70. The number of nitrogens with one attached hydrogen (secondary N) is 1. The monoisotopic (exact) mass is 376 g/mol. The number of carbonyl (C=O) groups excluding carboxylic acids is 2. The summed E-state index contributed by atoms with van der Waals surface area (Å²) in [6.07, 6.45) is 0. The SMILES string of the molecule is CC(C)(C)N(CC(=O)Nc1ccc(F)cc1)C(=O)COc1cccc(F)c1. The lowest BCUT2D eigenvalue weighted by Gasteiger charge is -2.35. The molecule has 1 N–H and O–H groups in total. The normalized spacial score (nSPS) is 11.0. The summed E-state index contributed by atoms with van der Waals surface area (Å²) in [6, 6.07) is 10.8. The molecule has 2 amide bonds. The molecule has 0 aromatic heterocycles. The van der Waals surface area contributed by atoms with Gasteiger partial charge in [0, 0.05) is 17.3 Å². The standard InChI is InChI=1S/C20H22F2N2O3/c1-20(2,3)24(12-18(25)23-16-9-7-14(21)8-10-16)19(26)13-27-17-6-4-5-15(22)11-17/h4-11H,12-13H2,1-3H3,(H,23,25). The van der Waals surface area contributed by atoms with Crippen molar-refractivity contribution in [1.82, 2.24) is 4.90 Å². The number of carbonyl (C=O) groups is 2. The van der Waals surface area contributed by atoms with Crippen LogP contribution in [0.3, 0.4) is 0 Å². The number of halogens is 2. The van der Waals surface area contributed by atoms with Gasteiger partial charge >= 0.3 is 0 Å². The van der Waals surface area contributed by atoms with E-state index in [1.807, 2.05) is 0 Å². The van der Waals surface area contributed by atoms with Gasteiger partial charge in [0.2, 0.25) is 5.91 Å². The van der Waals surface area contributed by atoms with E-state index in [0.29, 0.717) is 5.69 Å². The van der Waals surface area contributed by atoms with Crippen LogP contribution < -0.4 is 10.1 Å². The summed E-state index contributed by atoms with van der Waals surface area (Å²) in [5, 5.41) is 2.62. The average Bonchev–Trinajstić information content (AvgIpc) is 2.59. The number of ether oxygens (including phenoxy) is 1. The van der Waals surface area contributed by atoms with Gasteiger partial charge in [0.05, 0.1) is 0 Å². The molecule has 2 aromatic rings. The van der Waals surface area contributed by atoms with Gasteiger partial charge in [-0.25, -0.2) is 8.78 Å². The van der Waals surface area contributed by atoms with Gasteiger partial charge in [0.15, 0.2) is 6.61 Å². The van der Waals surface area contributed by atoms with Crippen LogP contribution in [0.5, 0.6) is 5.75 Å². The van der Waals surface area contributed by atoms with Crippen LogP contribution in [0.2, 0.25) is 0 Å². The summed E-state index contributed by atoms with van der Waals surface area (Å²) in [5.41, 5.74) is -0.207. The lowest BCUT2D eigenvalue weighted by atomic mass is 10.1. The molecule has 144 valence electrons. The Morgan fingerprint density at radius 1 is 1.04 bits per heavy atom. The van der Waals surface area contributed by atoms with E-state index < -0.39 is 29.0 Å². The van der Waals surface area contributed by atoms with Gasteiger partial charge < -0.3 is 15.0 Å². The summed E-state index contributed by atoms with van der Waals surface area (Å²) < 4.78 is 31.5. The highest BCUT2D eigenvalue weighted by molar-refractivity contribution is 5.94. The number of hydrogen-bond donors (Lipinski definition) is 1. The first-order chi connectivity index (χ1) is 12.6. The fourth-order valence-electron chi connectivity index (χ4n) is 2.36. The van der Waals surface area contributed by atoms with E-state index >= 15 is 0 Å².